The second kappa shape index (κ2) is 9.39. The number of carbonyl (C=O) groups excluding carboxylic acids is 1. The highest BCUT2D eigenvalue weighted by molar-refractivity contribution is 5.91. The van der Waals surface area contributed by atoms with Crippen LogP contribution >= 0.6 is 0 Å². The van der Waals surface area contributed by atoms with Gasteiger partial charge in [0.25, 0.3) is 0 Å². The largest absolute Gasteiger partial charge is 0.493 e. The lowest BCUT2D eigenvalue weighted by Gasteiger charge is -2.07. The summed E-state index contributed by atoms with van der Waals surface area (Å²) in [5, 5.41) is 7.06. The highest BCUT2D eigenvalue weighted by atomic mass is 16.5. The van der Waals surface area contributed by atoms with Crippen molar-refractivity contribution in [1.82, 2.24) is 10.1 Å². The number of hydrogen-bond donors (Lipinski definition) is 1. The van der Waals surface area contributed by atoms with Gasteiger partial charge in [0.15, 0.2) is 11.5 Å². The van der Waals surface area contributed by atoms with E-state index in [1.807, 2.05) is 12.1 Å². The molecule has 7 heteroatoms. The third-order valence-electron chi connectivity index (χ3n) is 5.98. The number of rotatable bonds is 8. The van der Waals surface area contributed by atoms with Crippen LogP contribution in [0.3, 0.4) is 0 Å². The van der Waals surface area contributed by atoms with Crippen molar-refractivity contribution in [3.8, 4) is 34.0 Å². The van der Waals surface area contributed by atoms with Crippen LogP contribution in [0.5, 0.6) is 11.5 Å². The zero-order valence-electron chi connectivity index (χ0n) is 19.1. The van der Waals surface area contributed by atoms with E-state index in [2.05, 4.69) is 51.9 Å². The van der Waals surface area contributed by atoms with Crippen molar-refractivity contribution in [2.45, 2.75) is 25.7 Å². The molecule has 1 amide bonds. The Hall–Kier alpha value is -4.13. The van der Waals surface area contributed by atoms with Gasteiger partial charge in [-0.3, -0.25) is 4.79 Å². The van der Waals surface area contributed by atoms with Crippen LogP contribution in [0.15, 0.2) is 65.2 Å². The predicted molar refractivity (Wildman–Crippen MR) is 129 cm³/mol. The van der Waals surface area contributed by atoms with Crippen molar-refractivity contribution in [3.63, 3.8) is 0 Å². The Morgan fingerprint density at radius 3 is 2.65 bits per heavy atom. The van der Waals surface area contributed by atoms with E-state index < -0.39 is 0 Å². The van der Waals surface area contributed by atoms with Gasteiger partial charge in [0, 0.05) is 24.1 Å². The number of hydrogen-bond acceptors (Lipinski definition) is 6. The van der Waals surface area contributed by atoms with Crippen molar-refractivity contribution in [3.05, 3.63) is 77.7 Å². The van der Waals surface area contributed by atoms with Crippen LogP contribution in [0, 0.1) is 0 Å². The Morgan fingerprint density at radius 2 is 1.79 bits per heavy atom. The maximum absolute atomic E-state index is 12.5. The summed E-state index contributed by atoms with van der Waals surface area (Å²) in [6, 6.07) is 20.0. The molecule has 1 heterocycles. The van der Waals surface area contributed by atoms with Crippen molar-refractivity contribution >= 4 is 11.6 Å². The number of methoxy groups -OCH3 is 2. The molecular weight excluding hydrogens is 430 g/mol. The first kappa shape index (κ1) is 21.7. The van der Waals surface area contributed by atoms with Crippen molar-refractivity contribution in [2.75, 3.05) is 19.5 Å². The minimum absolute atomic E-state index is 0.0323. The van der Waals surface area contributed by atoms with E-state index in [1.54, 1.807) is 26.4 Å². The lowest BCUT2D eigenvalue weighted by atomic mass is 10.1. The van der Waals surface area contributed by atoms with Crippen molar-refractivity contribution in [1.29, 1.82) is 0 Å². The molecule has 0 unspecified atom stereocenters. The summed E-state index contributed by atoms with van der Waals surface area (Å²) >= 11 is 0. The number of aryl methyl sites for hydroxylation is 1. The Morgan fingerprint density at radius 1 is 0.971 bits per heavy atom. The molecule has 0 fully saturated rings. The van der Waals surface area contributed by atoms with Crippen LogP contribution in [-0.2, 0) is 17.6 Å². The van der Waals surface area contributed by atoms with Gasteiger partial charge >= 0.3 is 0 Å². The van der Waals surface area contributed by atoms with Gasteiger partial charge < -0.3 is 19.3 Å². The molecule has 1 aromatic heterocycles. The average Bonchev–Trinajstić information content (AvgIpc) is 3.48. The Bertz CT molecular complexity index is 1350. The van der Waals surface area contributed by atoms with Gasteiger partial charge in [0.1, 0.15) is 0 Å². The number of aromatic nitrogens is 2. The quantitative estimate of drug-likeness (QED) is 0.342. The number of anilines is 1. The van der Waals surface area contributed by atoms with Crippen LogP contribution in [0.4, 0.5) is 5.69 Å². The van der Waals surface area contributed by atoms with Gasteiger partial charge in [0.05, 0.1) is 14.2 Å². The van der Waals surface area contributed by atoms with Crippen LogP contribution in [0.25, 0.3) is 22.5 Å². The number of amides is 1. The third kappa shape index (κ3) is 4.37. The molecule has 5 rings (SSSR count). The predicted octanol–water partition coefficient (Wildman–Crippen LogP) is 5.29. The van der Waals surface area contributed by atoms with Gasteiger partial charge in [-0.15, -0.1) is 0 Å². The van der Waals surface area contributed by atoms with Crippen LogP contribution < -0.4 is 14.8 Å². The molecule has 34 heavy (non-hydrogen) atoms. The van der Waals surface area contributed by atoms with E-state index in [0.717, 1.165) is 17.7 Å². The van der Waals surface area contributed by atoms with E-state index in [9.17, 15) is 4.79 Å². The molecule has 1 N–H and O–H groups in total. The molecule has 0 saturated heterocycles. The molecule has 0 aliphatic heterocycles. The summed E-state index contributed by atoms with van der Waals surface area (Å²) < 4.78 is 16.0. The molecule has 0 saturated carbocycles. The minimum Gasteiger partial charge on any atom is -0.493 e. The summed E-state index contributed by atoms with van der Waals surface area (Å²) in [5.41, 5.74) is 6.69. The number of ether oxygens (including phenoxy) is 2. The molecule has 4 aromatic rings. The zero-order valence-corrected chi connectivity index (χ0v) is 19.1. The first-order valence-corrected chi connectivity index (χ1v) is 11.2. The van der Waals surface area contributed by atoms with Crippen LogP contribution in [0.2, 0.25) is 0 Å². The van der Waals surface area contributed by atoms with E-state index in [4.69, 9.17) is 14.0 Å². The summed E-state index contributed by atoms with van der Waals surface area (Å²) in [4.78, 5) is 16.9. The molecule has 0 spiro atoms. The molecule has 0 atom stereocenters. The SMILES string of the molecule is COc1ccc(-c2noc(CCCC(=O)Nc3ccc4c(c3)Cc3ccccc3-4)n2)cc1OC. The number of carbonyl (C=O) groups is 1. The van der Waals surface area contributed by atoms with E-state index in [-0.39, 0.29) is 5.91 Å². The van der Waals surface area contributed by atoms with Gasteiger partial charge in [0.2, 0.25) is 17.6 Å². The van der Waals surface area contributed by atoms with Gasteiger partial charge in [-0.25, -0.2) is 0 Å². The highest BCUT2D eigenvalue weighted by Crippen LogP contribution is 2.37. The van der Waals surface area contributed by atoms with E-state index in [1.165, 1.54) is 22.3 Å². The van der Waals surface area contributed by atoms with E-state index >= 15 is 0 Å². The molecule has 1 aliphatic rings. The van der Waals surface area contributed by atoms with Gasteiger partial charge in [-0.05, 0) is 65.4 Å². The maximum Gasteiger partial charge on any atom is 0.226 e. The summed E-state index contributed by atoms with van der Waals surface area (Å²) in [5.74, 6) is 2.16. The molecule has 3 aromatic carbocycles. The molecule has 0 bridgehead atoms. The lowest BCUT2D eigenvalue weighted by molar-refractivity contribution is -0.116. The third-order valence-corrected chi connectivity index (χ3v) is 5.98. The zero-order chi connectivity index (χ0) is 23.5. The Labute approximate surface area is 197 Å². The molecule has 172 valence electrons. The molecule has 7 nitrogen and oxygen atoms in total. The summed E-state index contributed by atoms with van der Waals surface area (Å²) in [6.07, 6.45) is 2.39. The van der Waals surface area contributed by atoms with Gasteiger partial charge in [-0.2, -0.15) is 4.98 Å². The fraction of sp³-hybridized carbons (Fsp3) is 0.222. The first-order chi connectivity index (χ1) is 16.6. The minimum atomic E-state index is -0.0323. The highest BCUT2D eigenvalue weighted by Gasteiger charge is 2.18. The normalized spacial score (nSPS) is 11.6. The monoisotopic (exact) mass is 455 g/mol. The van der Waals surface area contributed by atoms with Crippen molar-refractivity contribution < 1.29 is 18.8 Å². The second-order valence-corrected chi connectivity index (χ2v) is 8.19. The standard InChI is InChI=1S/C27H25N3O4/c1-32-23-13-10-18(16-24(23)33-2)27-29-26(34-30-27)9-5-8-25(31)28-20-11-12-22-19(15-20)14-17-6-3-4-7-21(17)22/h3-4,6-7,10-13,15-16H,5,8-9,14H2,1-2H3,(H,28,31). The summed E-state index contributed by atoms with van der Waals surface area (Å²) in [7, 11) is 3.17. The topological polar surface area (TPSA) is 86.5 Å². The maximum atomic E-state index is 12.5. The molecular formula is C27H25N3O4. The fourth-order valence-electron chi connectivity index (χ4n) is 4.30. The first-order valence-electron chi connectivity index (χ1n) is 11.2. The Balaban J connectivity index is 1.15. The van der Waals surface area contributed by atoms with E-state index in [0.29, 0.717) is 42.5 Å². The smallest absolute Gasteiger partial charge is 0.226 e. The lowest BCUT2D eigenvalue weighted by Crippen LogP contribution is -2.11. The number of benzene rings is 3. The van der Waals surface area contributed by atoms with Crippen LogP contribution in [-0.4, -0.2) is 30.3 Å². The molecule has 1 aliphatic carbocycles. The van der Waals surface area contributed by atoms with Crippen LogP contribution in [0.1, 0.15) is 29.9 Å². The van der Waals surface area contributed by atoms with Gasteiger partial charge in [-0.1, -0.05) is 35.5 Å². The molecule has 0 radical (unpaired) electrons. The average molecular weight is 456 g/mol. The second-order valence-electron chi connectivity index (χ2n) is 8.19. The number of nitrogens with zero attached hydrogens (tertiary/aromatic N) is 2. The Kier molecular flexibility index (Phi) is 5.99. The summed E-state index contributed by atoms with van der Waals surface area (Å²) in [6.45, 7) is 0. The fourth-order valence-corrected chi connectivity index (χ4v) is 4.30. The number of fused-ring (bicyclic) bond motifs is 3. The van der Waals surface area contributed by atoms with Crippen molar-refractivity contribution in [2.24, 2.45) is 0 Å². The number of nitrogens with one attached hydrogen (secondary N) is 1.